The first kappa shape index (κ1) is 22.1. The van der Waals surface area contributed by atoms with Gasteiger partial charge in [-0.2, -0.15) is 0 Å². The van der Waals surface area contributed by atoms with E-state index < -0.39 is 0 Å². The highest BCUT2D eigenvalue weighted by Crippen LogP contribution is 2.19. The molecule has 0 radical (unpaired) electrons. The number of unbranched alkanes of at least 4 members (excludes halogenated alkanes) is 7. The van der Waals surface area contributed by atoms with Gasteiger partial charge in [0.05, 0.1) is 12.4 Å². The Morgan fingerprint density at radius 2 is 1.43 bits per heavy atom. The molecule has 0 spiro atoms. The predicted octanol–water partition coefficient (Wildman–Crippen LogP) is 6.53. The molecule has 0 saturated carbocycles. The maximum Gasteiger partial charge on any atom is 0.311 e. The maximum absolute atomic E-state index is 11.9. The average molecular weight is 383 g/mol. The van der Waals surface area contributed by atoms with Crippen molar-refractivity contribution in [2.24, 2.45) is 0 Å². The predicted molar refractivity (Wildman–Crippen MR) is 114 cm³/mol. The molecule has 0 saturated heterocycles. The van der Waals surface area contributed by atoms with Crippen LogP contribution in [0.5, 0.6) is 5.75 Å². The topological polar surface area (TPSA) is 52.1 Å². The molecule has 0 N–H and O–H groups in total. The lowest BCUT2D eigenvalue weighted by molar-refractivity contribution is -0.134. The van der Waals surface area contributed by atoms with Crippen molar-refractivity contribution in [3.8, 4) is 17.1 Å². The van der Waals surface area contributed by atoms with Gasteiger partial charge in [-0.15, -0.1) is 0 Å². The van der Waals surface area contributed by atoms with Crippen molar-refractivity contribution in [3.63, 3.8) is 0 Å². The van der Waals surface area contributed by atoms with E-state index in [0.717, 1.165) is 24.8 Å². The lowest BCUT2D eigenvalue weighted by atomic mass is 10.0. The van der Waals surface area contributed by atoms with Crippen molar-refractivity contribution in [3.05, 3.63) is 42.2 Å². The number of benzene rings is 1. The van der Waals surface area contributed by atoms with Crippen molar-refractivity contribution in [1.29, 1.82) is 0 Å². The SMILES string of the molecule is CCCCCCCC(=O)Oc1cnc(-c2ccc(CCCCCC)cc2)nc1. The fourth-order valence-corrected chi connectivity index (χ4v) is 3.15. The van der Waals surface area contributed by atoms with E-state index in [1.165, 1.54) is 50.5 Å². The highest BCUT2D eigenvalue weighted by atomic mass is 16.5. The van der Waals surface area contributed by atoms with Crippen LogP contribution in [0.1, 0.15) is 83.6 Å². The number of nitrogens with zero attached hydrogens (tertiary/aromatic N) is 2. The summed E-state index contributed by atoms with van der Waals surface area (Å²) in [5, 5.41) is 0. The lowest BCUT2D eigenvalue weighted by Gasteiger charge is -2.06. The Morgan fingerprint density at radius 3 is 2.07 bits per heavy atom. The summed E-state index contributed by atoms with van der Waals surface area (Å²) in [7, 11) is 0. The molecule has 0 aliphatic heterocycles. The first-order chi connectivity index (χ1) is 13.7. The molecule has 152 valence electrons. The van der Waals surface area contributed by atoms with E-state index >= 15 is 0 Å². The van der Waals surface area contributed by atoms with Crippen LogP contribution in [0.25, 0.3) is 11.4 Å². The quantitative estimate of drug-likeness (QED) is 0.292. The number of rotatable bonds is 13. The van der Waals surface area contributed by atoms with Crippen LogP contribution in [0, 0.1) is 0 Å². The molecule has 0 atom stereocenters. The molecule has 0 fully saturated rings. The highest BCUT2D eigenvalue weighted by Gasteiger charge is 2.07. The van der Waals surface area contributed by atoms with Gasteiger partial charge < -0.3 is 4.74 Å². The first-order valence-corrected chi connectivity index (χ1v) is 10.8. The van der Waals surface area contributed by atoms with Crippen molar-refractivity contribution in [2.75, 3.05) is 0 Å². The fourth-order valence-electron chi connectivity index (χ4n) is 3.15. The second-order valence-corrected chi connectivity index (χ2v) is 7.39. The molecular weight excluding hydrogens is 348 g/mol. The minimum atomic E-state index is -0.208. The molecule has 1 heterocycles. The summed E-state index contributed by atoms with van der Waals surface area (Å²) in [6.45, 7) is 4.41. The molecule has 0 bridgehead atoms. The summed E-state index contributed by atoms with van der Waals surface area (Å²) >= 11 is 0. The van der Waals surface area contributed by atoms with Gasteiger partial charge in [-0.1, -0.05) is 83.1 Å². The van der Waals surface area contributed by atoms with E-state index in [4.69, 9.17) is 4.74 Å². The molecule has 1 aromatic heterocycles. The molecule has 4 nitrogen and oxygen atoms in total. The zero-order valence-corrected chi connectivity index (χ0v) is 17.5. The van der Waals surface area contributed by atoms with Gasteiger partial charge >= 0.3 is 5.97 Å². The fraction of sp³-hybridized carbons (Fsp3) is 0.542. The summed E-state index contributed by atoms with van der Waals surface area (Å²) in [6, 6.07) is 8.42. The summed E-state index contributed by atoms with van der Waals surface area (Å²) in [4.78, 5) is 20.6. The smallest absolute Gasteiger partial charge is 0.311 e. The largest absolute Gasteiger partial charge is 0.423 e. The van der Waals surface area contributed by atoms with Crippen molar-refractivity contribution in [2.45, 2.75) is 84.5 Å². The molecule has 2 rings (SSSR count). The van der Waals surface area contributed by atoms with Crippen molar-refractivity contribution < 1.29 is 9.53 Å². The number of ether oxygens (including phenoxy) is 1. The molecule has 0 unspecified atom stereocenters. The maximum atomic E-state index is 11.9. The van der Waals surface area contributed by atoms with Gasteiger partial charge in [0, 0.05) is 12.0 Å². The number of aromatic nitrogens is 2. The third-order valence-electron chi connectivity index (χ3n) is 4.88. The van der Waals surface area contributed by atoms with E-state index in [1.54, 1.807) is 12.4 Å². The minimum absolute atomic E-state index is 0.208. The van der Waals surface area contributed by atoms with Gasteiger partial charge in [-0.05, 0) is 24.8 Å². The van der Waals surface area contributed by atoms with Gasteiger partial charge in [0.15, 0.2) is 11.6 Å². The van der Waals surface area contributed by atoms with Gasteiger partial charge in [-0.25, -0.2) is 9.97 Å². The average Bonchev–Trinajstić information content (AvgIpc) is 2.72. The summed E-state index contributed by atoms with van der Waals surface area (Å²) < 4.78 is 5.33. The first-order valence-electron chi connectivity index (χ1n) is 10.8. The monoisotopic (exact) mass is 382 g/mol. The normalized spacial score (nSPS) is 10.8. The second kappa shape index (κ2) is 13.0. The number of carbonyl (C=O) groups excluding carboxylic acids is 1. The second-order valence-electron chi connectivity index (χ2n) is 7.39. The van der Waals surface area contributed by atoms with E-state index in [9.17, 15) is 4.79 Å². The van der Waals surface area contributed by atoms with Crippen LogP contribution >= 0.6 is 0 Å². The molecule has 0 aliphatic rings. The zero-order chi connectivity index (χ0) is 20.0. The standard InChI is InChI=1S/C24H34N2O2/c1-3-5-7-9-11-13-23(27)28-22-18-25-24(26-19-22)21-16-14-20(15-17-21)12-10-8-6-4-2/h14-19H,3-13H2,1-2H3. The van der Waals surface area contributed by atoms with Gasteiger partial charge in [-0.3, -0.25) is 4.79 Å². The Kier molecular flexibility index (Phi) is 10.3. The highest BCUT2D eigenvalue weighted by molar-refractivity contribution is 5.72. The van der Waals surface area contributed by atoms with Crippen LogP contribution in [0.2, 0.25) is 0 Å². The Hall–Kier alpha value is -2.23. The van der Waals surface area contributed by atoms with E-state index in [1.807, 2.05) is 0 Å². The number of aryl methyl sites for hydroxylation is 1. The summed E-state index contributed by atoms with van der Waals surface area (Å²) in [5.74, 6) is 0.854. The molecule has 28 heavy (non-hydrogen) atoms. The van der Waals surface area contributed by atoms with Crippen LogP contribution in [-0.4, -0.2) is 15.9 Å². The van der Waals surface area contributed by atoms with Gasteiger partial charge in [0.25, 0.3) is 0 Å². The van der Waals surface area contributed by atoms with Crippen LogP contribution < -0.4 is 4.74 Å². The number of esters is 1. The Labute approximate surface area is 169 Å². The van der Waals surface area contributed by atoms with E-state index in [2.05, 4.69) is 48.1 Å². The van der Waals surface area contributed by atoms with E-state index in [-0.39, 0.29) is 5.97 Å². The molecule has 0 amide bonds. The molecule has 1 aromatic carbocycles. The Morgan fingerprint density at radius 1 is 0.821 bits per heavy atom. The zero-order valence-electron chi connectivity index (χ0n) is 17.5. The van der Waals surface area contributed by atoms with Crippen molar-refractivity contribution >= 4 is 5.97 Å². The molecule has 4 heteroatoms. The van der Waals surface area contributed by atoms with Crippen LogP contribution in [0.4, 0.5) is 0 Å². The third kappa shape index (κ3) is 8.20. The van der Waals surface area contributed by atoms with Gasteiger partial charge in [0.1, 0.15) is 0 Å². The van der Waals surface area contributed by atoms with Crippen LogP contribution in [0.15, 0.2) is 36.7 Å². The summed E-state index contributed by atoms with van der Waals surface area (Å²) in [6.07, 6.45) is 15.4. The molecule has 2 aromatic rings. The molecular formula is C24H34N2O2. The van der Waals surface area contributed by atoms with Crippen LogP contribution in [-0.2, 0) is 11.2 Å². The van der Waals surface area contributed by atoms with Crippen LogP contribution in [0.3, 0.4) is 0 Å². The number of hydrogen-bond donors (Lipinski definition) is 0. The van der Waals surface area contributed by atoms with E-state index in [0.29, 0.717) is 18.0 Å². The number of hydrogen-bond acceptors (Lipinski definition) is 4. The Balaban J connectivity index is 1.79. The van der Waals surface area contributed by atoms with Crippen molar-refractivity contribution in [1.82, 2.24) is 9.97 Å². The van der Waals surface area contributed by atoms with Gasteiger partial charge in [0.2, 0.25) is 0 Å². The minimum Gasteiger partial charge on any atom is -0.423 e. The molecule has 0 aliphatic carbocycles. The number of carbonyl (C=O) groups is 1. The third-order valence-corrected chi connectivity index (χ3v) is 4.88. The lowest BCUT2D eigenvalue weighted by Crippen LogP contribution is -2.08. The summed E-state index contributed by atoms with van der Waals surface area (Å²) in [5.41, 5.74) is 2.33. The Bertz CT molecular complexity index is 681.